The largest absolute Gasteiger partial charge is 0.470 e. The molecule has 0 aromatic rings. The average molecular weight is 408 g/mol. The van der Waals surface area contributed by atoms with Crippen molar-refractivity contribution in [3.05, 3.63) is 0 Å². The minimum absolute atomic E-state index is 0. The number of phosphoric ester groups is 2. The number of aliphatic hydroxyl groups is 4. The maximum Gasteiger partial charge on any atom is 0.470 e. The molecule has 0 spiro atoms. The molecule has 10 N–H and O–H groups in total. The topological polar surface area (TPSA) is 246 Å². The number of hydrogen-bond acceptors (Lipinski definition) is 8. The summed E-state index contributed by atoms with van der Waals surface area (Å²) >= 11 is 0. The second kappa shape index (κ2) is 18.8. The molecule has 17 heteroatoms. The van der Waals surface area contributed by atoms with Crippen LogP contribution in [0.15, 0.2) is 0 Å². The summed E-state index contributed by atoms with van der Waals surface area (Å²) in [4.78, 5) is 32.4. The molecule has 134 valence electrons. The van der Waals surface area contributed by atoms with E-state index in [4.69, 9.17) is 40.0 Å². The Labute approximate surface area is 176 Å². The van der Waals surface area contributed by atoms with Crippen molar-refractivity contribution in [2.75, 3.05) is 26.4 Å². The van der Waals surface area contributed by atoms with Crippen LogP contribution in [-0.4, -0.2) is 143 Å². The standard InChI is InChI=1S/2C3H9O6P.2Na.H2O/c4-1-3(5)2-9-10(6,7)8;4-1-3(2-5)9-10(6,7)8;;;/h2*3-5H,1-2H2,(H2,6,7,8);;;1H2. The fourth-order valence-corrected chi connectivity index (χ4v) is 1.44. The van der Waals surface area contributed by atoms with Crippen LogP contribution in [0.2, 0.25) is 0 Å². The molecule has 0 rings (SSSR count). The van der Waals surface area contributed by atoms with Gasteiger partial charge in [-0.15, -0.1) is 0 Å². The normalized spacial score (nSPS) is 12.0. The first-order valence-electron chi connectivity index (χ1n) is 4.89. The van der Waals surface area contributed by atoms with Crippen LogP contribution in [0.5, 0.6) is 0 Å². The first-order valence-corrected chi connectivity index (χ1v) is 7.96. The third kappa shape index (κ3) is 32.2. The summed E-state index contributed by atoms with van der Waals surface area (Å²) in [6, 6.07) is 0. The Kier molecular flexibility index (Phi) is 29.4. The van der Waals surface area contributed by atoms with Crippen molar-refractivity contribution < 1.29 is 63.7 Å². The van der Waals surface area contributed by atoms with Crippen molar-refractivity contribution in [3.63, 3.8) is 0 Å². The minimum atomic E-state index is -4.57. The molecule has 0 fully saturated rings. The second-order valence-corrected chi connectivity index (χ2v) is 5.64. The van der Waals surface area contributed by atoms with Crippen molar-refractivity contribution in [2.45, 2.75) is 12.2 Å². The first kappa shape index (κ1) is 36.0. The van der Waals surface area contributed by atoms with E-state index >= 15 is 0 Å². The molecule has 2 radical (unpaired) electrons. The fourth-order valence-electron chi connectivity index (χ4n) is 0.554. The van der Waals surface area contributed by atoms with E-state index in [0.717, 1.165) is 0 Å². The van der Waals surface area contributed by atoms with E-state index in [1.54, 1.807) is 0 Å². The predicted octanol–water partition coefficient (Wildman–Crippen LogP) is -4.69. The van der Waals surface area contributed by atoms with Gasteiger partial charge in [-0.3, -0.25) is 9.05 Å². The van der Waals surface area contributed by atoms with Gasteiger partial charge in [0, 0.05) is 59.1 Å². The van der Waals surface area contributed by atoms with Crippen molar-refractivity contribution in [3.8, 4) is 0 Å². The van der Waals surface area contributed by atoms with Crippen LogP contribution in [0.1, 0.15) is 0 Å². The summed E-state index contributed by atoms with van der Waals surface area (Å²) in [7, 11) is -9.08. The van der Waals surface area contributed by atoms with Gasteiger partial charge in [0.25, 0.3) is 0 Å². The second-order valence-electron chi connectivity index (χ2n) is 3.21. The zero-order valence-electron chi connectivity index (χ0n) is 12.6. The zero-order chi connectivity index (χ0) is 16.4. The number of aliphatic hydroxyl groups excluding tert-OH is 4. The van der Waals surface area contributed by atoms with Gasteiger partial charge >= 0.3 is 15.6 Å². The molecule has 0 amide bonds. The van der Waals surface area contributed by atoms with E-state index in [2.05, 4.69) is 9.05 Å². The van der Waals surface area contributed by atoms with Gasteiger partial charge in [-0.05, 0) is 0 Å². The third-order valence-electron chi connectivity index (χ3n) is 1.34. The zero-order valence-corrected chi connectivity index (χ0v) is 18.4. The van der Waals surface area contributed by atoms with Crippen LogP contribution in [0.4, 0.5) is 0 Å². The van der Waals surface area contributed by atoms with Crippen LogP contribution in [0.25, 0.3) is 0 Å². The van der Waals surface area contributed by atoms with Gasteiger partial charge in [0.1, 0.15) is 12.2 Å². The molecule has 1 unspecified atom stereocenters. The molecule has 0 aliphatic carbocycles. The molecule has 0 bridgehead atoms. The van der Waals surface area contributed by atoms with E-state index in [1.807, 2.05) is 0 Å². The maximum atomic E-state index is 10.0. The van der Waals surface area contributed by atoms with Gasteiger partial charge < -0.3 is 45.5 Å². The predicted molar refractivity (Wildman–Crippen MR) is 77.3 cm³/mol. The van der Waals surface area contributed by atoms with Crippen molar-refractivity contribution in [1.82, 2.24) is 0 Å². The van der Waals surface area contributed by atoms with Crippen LogP contribution in [0.3, 0.4) is 0 Å². The summed E-state index contributed by atoms with van der Waals surface area (Å²) < 4.78 is 27.7. The molecule has 0 aromatic heterocycles. The molecule has 0 heterocycles. The first-order chi connectivity index (χ1) is 8.95. The monoisotopic (exact) mass is 408 g/mol. The molecule has 0 aliphatic heterocycles. The SMILES string of the molecule is O.O=P(O)(O)OC(CO)CO.O=P(O)(O)OCC(O)CO.[Na].[Na]. The molecule has 23 heavy (non-hydrogen) atoms. The molecule has 0 aromatic carbocycles. The molecule has 0 aliphatic rings. The van der Waals surface area contributed by atoms with Crippen molar-refractivity contribution in [2.24, 2.45) is 0 Å². The Bertz CT molecular complexity index is 328. The number of phosphoric acid groups is 2. The van der Waals surface area contributed by atoms with E-state index in [0.29, 0.717) is 0 Å². The van der Waals surface area contributed by atoms with Crippen LogP contribution >= 0.6 is 15.6 Å². The van der Waals surface area contributed by atoms with Crippen molar-refractivity contribution in [1.29, 1.82) is 0 Å². The summed E-state index contributed by atoms with van der Waals surface area (Å²) in [5.74, 6) is 0. The maximum absolute atomic E-state index is 10.0. The van der Waals surface area contributed by atoms with Gasteiger partial charge in [-0.1, -0.05) is 0 Å². The van der Waals surface area contributed by atoms with E-state index in [1.165, 1.54) is 0 Å². The number of hydrogen-bond donors (Lipinski definition) is 8. The smallest absolute Gasteiger partial charge is 0.412 e. The van der Waals surface area contributed by atoms with E-state index in [-0.39, 0.29) is 64.6 Å². The fraction of sp³-hybridized carbons (Fsp3) is 1.00. The molecular weight excluding hydrogens is 388 g/mol. The van der Waals surface area contributed by atoms with Crippen molar-refractivity contribution >= 4 is 74.8 Å². The Morgan fingerprint density at radius 3 is 1.39 bits per heavy atom. The summed E-state index contributed by atoms with van der Waals surface area (Å²) in [5.41, 5.74) is 0. The number of rotatable bonds is 8. The molecule has 13 nitrogen and oxygen atoms in total. The summed E-state index contributed by atoms with van der Waals surface area (Å²) in [5, 5.41) is 33.2. The Morgan fingerprint density at radius 2 is 1.22 bits per heavy atom. The van der Waals surface area contributed by atoms with Crippen LogP contribution in [-0.2, 0) is 18.2 Å². The van der Waals surface area contributed by atoms with Gasteiger partial charge in [-0.2, -0.15) is 0 Å². The van der Waals surface area contributed by atoms with E-state index < -0.39 is 54.3 Å². The summed E-state index contributed by atoms with van der Waals surface area (Å²) in [6.45, 7) is -2.40. The van der Waals surface area contributed by atoms with Crippen LogP contribution in [0, 0.1) is 0 Å². The van der Waals surface area contributed by atoms with Gasteiger partial charge in [0.05, 0.1) is 26.4 Å². The molecule has 0 saturated carbocycles. The molecular formula is C6H20Na2O13P2. The van der Waals surface area contributed by atoms with Gasteiger partial charge in [0.15, 0.2) is 0 Å². The Hall–Kier alpha value is 2.02. The van der Waals surface area contributed by atoms with Gasteiger partial charge in [-0.25, -0.2) is 9.13 Å². The molecule has 1 atom stereocenters. The van der Waals surface area contributed by atoms with Gasteiger partial charge in [0.2, 0.25) is 0 Å². The Morgan fingerprint density at radius 1 is 0.826 bits per heavy atom. The summed E-state index contributed by atoms with van der Waals surface area (Å²) in [6.07, 6.45) is -2.45. The van der Waals surface area contributed by atoms with E-state index in [9.17, 15) is 9.13 Å². The Balaban J connectivity index is -0.0000000831. The third-order valence-corrected chi connectivity index (χ3v) is 2.40. The minimum Gasteiger partial charge on any atom is -0.412 e. The quantitative estimate of drug-likeness (QED) is 0.139. The molecule has 0 saturated heterocycles. The van der Waals surface area contributed by atoms with Crippen LogP contribution < -0.4 is 0 Å². The average Bonchev–Trinajstić information content (AvgIpc) is 2.31.